The first-order valence-corrected chi connectivity index (χ1v) is 7.05. The van der Waals surface area contributed by atoms with E-state index in [1.807, 2.05) is 35.2 Å². The van der Waals surface area contributed by atoms with E-state index in [0.29, 0.717) is 6.04 Å². The summed E-state index contributed by atoms with van der Waals surface area (Å²) in [4.78, 5) is 14.2. The first-order chi connectivity index (χ1) is 9.20. The highest BCUT2D eigenvalue weighted by atomic mass is 16.2. The van der Waals surface area contributed by atoms with Gasteiger partial charge >= 0.3 is 0 Å². The lowest BCUT2D eigenvalue weighted by Gasteiger charge is -2.34. The van der Waals surface area contributed by atoms with Crippen molar-refractivity contribution in [2.45, 2.75) is 38.6 Å². The highest BCUT2D eigenvalue weighted by Crippen LogP contribution is 2.20. The lowest BCUT2D eigenvalue weighted by atomic mass is 10.00. The number of hydrogen-bond donors (Lipinski definition) is 1. The Labute approximate surface area is 115 Å². The molecular formula is C16H22N2O. The Kier molecular flexibility index (Phi) is 4.61. The van der Waals surface area contributed by atoms with Crippen molar-refractivity contribution < 1.29 is 4.79 Å². The van der Waals surface area contributed by atoms with Crippen LogP contribution in [0.5, 0.6) is 0 Å². The molecule has 1 atom stereocenters. The fourth-order valence-corrected chi connectivity index (χ4v) is 2.59. The van der Waals surface area contributed by atoms with Gasteiger partial charge in [-0.1, -0.05) is 19.1 Å². The zero-order valence-corrected chi connectivity index (χ0v) is 11.5. The zero-order chi connectivity index (χ0) is 13.7. The standard InChI is InChI=1S/C16H22N2O/c1-2-15-5-3-4-12-18(15)16(19)11-8-13-6-9-14(17)10-7-13/h6-11,15H,2-5,12,17H2,1H3/b11-8+. The summed E-state index contributed by atoms with van der Waals surface area (Å²) < 4.78 is 0. The average molecular weight is 258 g/mol. The van der Waals surface area contributed by atoms with Crippen LogP contribution in [0.15, 0.2) is 30.3 Å². The normalized spacial score (nSPS) is 19.8. The molecule has 0 saturated carbocycles. The maximum absolute atomic E-state index is 12.2. The summed E-state index contributed by atoms with van der Waals surface area (Å²) in [5, 5.41) is 0. The van der Waals surface area contributed by atoms with Crippen LogP contribution in [0.2, 0.25) is 0 Å². The third-order valence-corrected chi connectivity index (χ3v) is 3.74. The second kappa shape index (κ2) is 6.41. The molecular weight excluding hydrogens is 236 g/mol. The van der Waals surface area contributed by atoms with Gasteiger partial charge in [0.25, 0.3) is 0 Å². The minimum atomic E-state index is 0.128. The van der Waals surface area contributed by atoms with Gasteiger partial charge in [0.05, 0.1) is 0 Å². The summed E-state index contributed by atoms with van der Waals surface area (Å²) in [6.07, 6.45) is 8.09. The molecule has 1 saturated heterocycles. The van der Waals surface area contributed by atoms with E-state index < -0.39 is 0 Å². The molecule has 1 aliphatic heterocycles. The molecule has 0 bridgehead atoms. The molecule has 102 valence electrons. The Morgan fingerprint density at radius 2 is 2.11 bits per heavy atom. The molecule has 0 spiro atoms. The van der Waals surface area contributed by atoms with E-state index >= 15 is 0 Å². The Bertz CT molecular complexity index is 450. The molecule has 0 aliphatic carbocycles. The van der Waals surface area contributed by atoms with Crippen LogP contribution in [-0.2, 0) is 4.79 Å². The smallest absolute Gasteiger partial charge is 0.246 e. The Hall–Kier alpha value is -1.77. The number of amides is 1. The van der Waals surface area contributed by atoms with Crippen LogP contribution in [0.3, 0.4) is 0 Å². The molecule has 3 nitrogen and oxygen atoms in total. The summed E-state index contributed by atoms with van der Waals surface area (Å²) in [6.45, 7) is 3.05. The quantitative estimate of drug-likeness (QED) is 0.669. The fourth-order valence-electron chi connectivity index (χ4n) is 2.59. The minimum Gasteiger partial charge on any atom is -0.399 e. The molecule has 1 fully saturated rings. The van der Waals surface area contributed by atoms with Gasteiger partial charge in [-0.2, -0.15) is 0 Å². The second-order valence-electron chi connectivity index (χ2n) is 5.09. The summed E-state index contributed by atoms with van der Waals surface area (Å²) in [6, 6.07) is 7.95. The Morgan fingerprint density at radius 1 is 1.37 bits per heavy atom. The van der Waals surface area contributed by atoms with Gasteiger partial charge in [0.15, 0.2) is 0 Å². The second-order valence-corrected chi connectivity index (χ2v) is 5.09. The van der Waals surface area contributed by atoms with Crippen molar-refractivity contribution in [2.75, 3.05) is 12.3 Å². The average Bonchev–Trinajstić information content (AvgIpc) is 2.46. The topological polar surface area (TPSA) is 46.3 Å². The van der Waals surface area contributed by atoms with Crippen LogP contribution >= 0.6 is 0 Å². The molecule has 0 aromatic heterocycles. The molecule has 1 aromatic carbocycles. The van der Waals surface area contributed by atoms with Crippen LogP contribution in [0, 0.1) is 0 Å². The van der Waals surface area contributed by atoms with Crippen molar-refractivity contribution in [3.8, 4) is 0 Å². The van der Waals surface area contributed by atoms with Gasteiger partial charge in [0, 0.05) is 24.4 Å². The number of carbonyl (C=O) groups excluding carboxylic acids is 1. The molecule has 3 heteroatoms. The molecule has 0 radical (unpaired) electrons. The van der Waals surface area contributed by atoms with Gasteiger partial charge in [-0.3, -0.25) is 4.79 Å². The number of nitrogens with two attached hydrogens (primary N) is 1. The van der Waals surface area contributed by atoms with Gasteiger partial charge in [-0.15, -0.1) is 0 Å². The van der Waals surface area contributed by atoms with Gasteiger partial charge in [-0.05, 0) is 49.5 Å². The summed E-state index contributed by atoms with van der Waals surface area (Å²) >= 11 is 0. The number of piperidine rings is 1. The van der Waals surface area contributed by atoms with Crippen molar-refractivity contribution in [3.63, 3.8) is 0 Å². The predicted molar refractivity (Wildman–Crippen MR) is 79.5 cm³/mol. The van der Waals surface area contributed by atoms with Gasteiger partial charge in [0.2, 0.25) is 5.91 Å². The summed E-state index contributed by atoms with van der Waals surface area (Å²) in [5.74, 6) is 0.128. The number of rotatable bonds is 3. The van der Waals surface area contributed by atoms with Crippen LogP contribution in [0.1, 0.15) is 38.2 Å². The molecule has 1 unspecified atom stereocenters. The monoisotopic (exact) mass is 258 g/mol. The highest BCUT2D eigenvalue weighted by molar-refractivity contribution is 5.92. The van der Waals surface area contributed by atoms with E-state index in [0.717, 1.165) is 37.1 Å². The third kappa shape index (κ3) is 3.60. The maximum Gasteiger partial charge on any atom is 0.246 e. The van der Waals surface area contributed by atoms with Crippen molar-refractivity contribution in [1.82, 2.24) is 4.90 Å². The van der Waals surface area contributed by atoms with Crippen LogP contribution in [0.25, 0.3) is 6.08 Å². The summed E-state index contributed by atoms with van der Waals surface area (Å²) in [5.41, 5.74) is 7.38. The van der Waals surface area contributed by atoms with E-state index in [1.165, 1.54) is 6.42 Å². The van der Waals surface area contributed by atoms with E-state index in [1.54, 1.807) is 6.08 Å². The highest BCUT2D eigenvalue weighted by Gasteiger charge is 2.23. The fraction of sp³-hybridized carbons (Fsp3) is 0.438. The molecule has 2 N–H and O–H groups in total. The first kappa shape index (κ1) is 13.7. The Morgan fingerprint density at radius 3 is 2.79 bits per heavy atom. The van der Waals surface area contributed by atoms with Crippen LogP contribution in [0.4, 0.5) is 5.69 Å². The molecule has 1 amide bonds. The zero-order valence-electron chi connectivity index (χ0n) is 11.5. The Balaban J connectivity index is 2.01. The third-order valence-electron chi connectivity index (χ3n) is 3.74. The predicted octanol–water partition coefficient (Wildman–Crippen LogP) is 3.07. The van der Waals surface area contributed by atoms with Crippen molar-refractivity contribution in [1.29, 1.82) is 0 Å². The minimum absolute atomic E-state index is 0.128. The number of likely N-dealkylation sites (tertiary alicyclic amines) is 1. The number of benzene rings is 1. The lowest BCUT2D eigenvalue weighted by molar-refractivity contribution is -0.129. The van der Waals surface area contributed by atoms with Crippen molar-refractivity contribution in [3.05, 3.63) is 35.9 Å². The van der Waals surface area contributed by atoms with E-state index in [9.17, 15) is 4.79 Å². The van der Waals surface area contributed by atoms with Crippen LogP contribution in [-0.4, -0.2) is 23.4 Å². The van der Waals surface area contributed by atoms with E-state index in [2.05, 4.69) is 6.92 Å². The molecule has 1 aromatic rings. The van der Waals surface area contributed by atoms with E-state index in [4.69, 9.17) is 5.73 Å². The number of hydrogen-bond acceptors (Lipinski definition) is 2. The van der Waals surface area contributed by atoms with Gasteiger partial charge in [-0.25, -0.2) is 0 Å². The van der Waals surface area contributed by atoms with Gasteiger partial charge < -0.3 is 10.6 Å². The van der Waals surface area contributed by atoms with Crippen molar-refractivity contribution in [2.24, 2.45) is 0 Å². The number of carbonyl (C=O) groups is 1. The molecule has 19 heavy (non-hydrogen) atoms. The summed E-state index contributed by atoms with van der Waals surface area (Å²) in [7, 11) is 0. The van der Waals surface area contributed by atoms with Gasteiger partial charge in [0.1, 0.15) is 0 Å². The molecule has 2 rings (SSSR count). The lowest BCUT2D eigenvalue weighted by Crippen LogP contribution is -2.42. The first-order valence-electron chi connectivity index (χ1n) is 7.05. The number of nitrogen functional groups attached to an aromatic ring is 1. The largest absolute Gasteiger partial charge is 0.399 e. The molecule has 1 aliphatic rings. The molecule has 1 heterocycles. The van der Waals surface area contributed by atoms with Crippen molar-refractivity contribution >= 4 is 17.7 Å². The SMILES string of the molecule is CCC1CCCCN1C(=O)/C=C/c1ccc(N)cc1. The van der Waals surface area contributed by atoms with E-state index in [-0.39, 0.29) is 5.91 Å². The number of anilines is 1. The van der Waals surface area contributed by atoms with Crippen LogP contribution < -0.4 is 5.73 Å². The number of nitrogens with zero attached hydrogens (tertiary/aromatic N) is 1. The maximum atomic E-state index is 12.2.